The third kappa shape index (κ3) is 4.94. The molecule has 110 valence electrons. The van der Waals surface area contributed by atoms with Gasteiger partial charge >= 0.3 is 12.0 Å². The second-order valence-electron chi connectivity index (χ2n) is 4.25. The summed E-state index contributed by atoms with van der Waals surface area (Å²) in [5, 5.41) is 17.4. The van der Waals surface area contributed by atoms with Gasteiger partial charge in [-0.25, -0.2) is 4.79 Å². The number of carbonyl (C=O) groups is 2. The second kappa shape index (κ2) is 7.04. The summed E-state index contributed by atoms with van der Waals surface area (Å²) in [6, 6.07) is 6.61. The molecule has 0 atom stereocenters. The molecule has 21 heavy (non-hydrogen) atoms. The van der Waals surface area contributed by atoms with Crippen LogP contribution < -0.4 is 10.6 Å². The average Bonchev–Trinajstić information content (AvgIpc) is 2.97. The third-order valence-electron chi connectivity index (χ3n) is 2.63. The molecule has 0 fully saturated rings. The Hall–Kier alpha value is -2.90. The molecule has 0 saturated heterocycles. The quantitative estimate of drug-likeness (QED) is 0.740. The van der Waals surface area contributed by atoms with Crippen LogP contribution in [0.4, 0.5) is 10.5 Å². The summed E-state index contributed by atoms with van der Waals surface area (Å²) in [4.78, 5) is 26.0. The number of benzene rings is 1. The molecule has 2 rings (SSSR count). The molecule has 0 aliphatic carbocycles. The summed E-state index contributed by atoms with van der Waals surface area (Å²) < 4.78 is 4.55. The number of rotatable bonds is 6. The Morgan fingerprint density at radius 3 is 2.90 bits per heavy atom. The highest BCUT2D eigenvalue weighted by Gasteiger charge is 2.05. The van der Waals surface area contributed by atoms with Crippen LogP contribution in [-0.2, 0) is 17.8 Å². The van der Waals surface area contributed by atoms with E-state index in [1.807, 2.05) is 6.07 Å². The largest absolute Gasteiger partial charge is 0.481 e. The number of amides is 2. The fourth-order valence-corrected chi connectivity index (χ4v) is 1.66. The van der Waals surface area contributed by atoms with Gasteiger partial charge < -0.3 is 20.3 Å². The van der Waals surface area contributed by atoms with Crippen LogP contribution in [-0.4, -0.2) is 27.2 Å². The predicted molar refractivity (Wildman–Crippen MR) is 72.6 cm³/mol. The highest BCUT2D eigenvalue weighted by molar-refractivity contribution is 5.89. The average molecular weight is 290 g/mol. The number of carbonyl (C=O) groups excluding carboxylic acids is 1. The zero-order chi connectivity index (χ0) is 15.1. The lowest BCUT2D eigenvalue weighted by Crippen LogP contribution is -2.28. The Morgan fingerprint density at radius 1 is 1.33 bits per heavy atom. The Bertz CT molecular complexity index is 612. The summed E-state index contributed by atoms with van der Waals surface area (Å²) >= 11 is 0. The molecule has 3 N–H and O–H groups in total. The predicted octanol–water partition coefficient (Wildman–Crippen LogP) is 1.41. The van der Waals surface area contributed by atoms with Gasteiger partial charge in [0.1, 0.15) is 0 Å². The summed E-state index contributed by atoms with van der Waals surface area (Å²) in [6.07, 6.45) is 1.64. The summed E-state index contributed by atoms with van der Waals surface area (Å²) in [5.41, 5.74) is 1.43. The minimum atomic E-state index is -0.855. The fourth-order valence-electron chi connectivity index (χ4n) is 1.66. The van der Waals surface area contributed by atoms with Crippen LogP contribution in [0, 0.1) is 0 Å². The van der Waals surface area contributed by atoms with Crippen molar-refractivity contribution in [3.8, 4) is 0 Å². The van der Waals surface area contributed by atoms with Crippen LogP contribution in [0.1, 0.15) is 17.8 Å². The normalized spacial score (nSPS) is 10.1. The fraction of sp³-hybridized carbons (Fsp3) is 0.231. The maximum absolute atomic E-state index is 11.7. The van der Waals surface area contributed by atoms with Crippen molar-refractivity contribution in [2.45, 2.75) is 19.4 Å². The van der Waals surface area contributed by atoms with Gasteiger partial charge in [-0.15, -0.1) is 0 Å². The van der Waals surface area contributed by atoms with Crippen LogP contribution in [0.25, 0.3) is 0 Å². The maximum atomic E-state index is 11.7. The number of aromatic nitrogens is 2. The highest BCUT2D eigenvalue weighted by Crippen LogP contribution is 2.12. The smallest absolute Gasteiger partial charge is 0.319 e. The van der Waals surface area contributed by atoms with Gasteiger partial charge in [-0.1, -0.05) is 17.3 Å². The van der Waals surface area contributed by atoms with E-state index >= 15 is 0 Å². The van der Waals surface area contributed by atoms with Gasteiger partial charge in [0.25, 0.3) is 0 Å². The van der Waals surface area contributed by atoms with E-state index in [9.17, 15) is 9.59 Å². The van der Waals surface area contributed by atoms with E-state index in [4.69, 9.17) is 5.11 Å². The second-order valence-corrected chi connectivity index (χ2v) is 4.25. The van der Waals surface area contributed by atoms with Gasteiger partial charge in [-0.05, 0) is 24.1 Å². The monoisotopic (exact) mass is 290 g/mol. The minimum absolute atomic E-state index is 0.0491. The first-order valence-electron chi connectivity index (χ1n) is 6.24. The number of nitrogens with one attached hydrogen (secondary N) is 2. The number of hydrogen-bond acceptors (Lipinski definition) is 5. The number of aryl methyl sites for hydroxylation is 1. The van der Waals surface area contributed by atoms with Crippen molar-refractivity contribution in [1.82, 2.24) is 15.5 Å². The first-order chi connectivity index (χ1) is 10.1. The molecule has 0 radical (unpaired) electrons. The summed E-state index contributed by atoms with van der Waals surface area (Å²) in [7, 11) is 0. The van der Waals surface area contributed by atoms with Crippen molar-refractivity contribution in [3.05, 3.63) is 42.0 Å². The number of carboxylic acid groups (broad SMARTS) is 1. The molecule has 1 aromatic heterocycles. The first-order valence-corrected chi connectivity index (χ1v) is 6.24. The first kappa shape index (κ1) is 14.5. The van der Waals surface area contributed by atoms with E-state index in [1.165, 1.54) is 6.39 Å². The molecule has 0 spiro atoms. The van der Waals surface area contributed by atoms with E-state index in [2.05, 4.69) is 25.3 Å². The zero-order valence-corrected chi connectivity index (χ0v) is 11.1. The third-order valence-corrected chi connectivity index (χ3v) is 2.63. The Morgan fingerprint density at radius 2 is 2.19 bits per heavy atom. The van der Waals surface area contributed by atoms with Gasteiger partial charge in [-0.3, -0.25) is 4.79 Å². The molecule has 0 aliphatic heterocycles. The van der Waals surface area contributed by atoms with E-state index in [0.29, 0.717) is 17.9 Å². The summed E-state index contributed by atoms with van der Waals surface area (Å²) in [6.45, 7) is 0.154. The van der Waals surface area contributed by atoms with Crippen LogP contribution in [0.2, 0.25) is 0 Å². The molecule has 8 nitrogen and oxygen atoms in total. The lowest BCUT2D eigenvalue weighted by atomic mass is 10.1. The number of urea groups is 1. The van der Waals surface area contributed by atoms with Crippen LogP contribution in [0.3, 0.4) is 0 Å². The van der Waals surface area contributed by atoms with Gasteiger partial charge in [0, 0.05) is 12.1 Å². The summed E-state index contributed by atoms with van der Waals surface area (Å²) in [5.74, 6) is -0.480. The van der Waals surface area contributed by atoms with Crippen molar-refractivity contribution in [1.29, 1.82) is 0 Å². The standard InChI is InChI=1S/C13H14N4O4/c18-12(19)5-4-9-2-1-3-10(6-9)16-13(20)14-7-11-15-8-21-17-11/h1-3,6,8H,4-5,7H2,(H,18,19)(H2,14,16,20). The van der Waals surface area contributed by atoms with Crippen LogP contribution in [0.5, 0.6) is 0 Å². The van der Waals surface area contributed by atoms with Crippen molar-refractivity contribution in [3.63, 3.8) is 0 Å². The molecular weight excluding hydrogens is 276 g/mol. The molecule has 2 aromatic rings. The van der Waals surface area contributed by atoms with Crippen molar-refractivity contribution in [2.75, 3.05) is 5.32 Å². The van der Waals surface area contributed by atoms with E-state index in [1.54, 1.807) is 18.2 Å². The molecular formula is C13H14N4O4. The number of aliphatic carboxylic acids is 1. The van der Waals surface area contributed by atoms with Gasteiger partial charge in [0.15, 0.2) is 5.82 Å². The highest BCUT2D eigenvalue weighted by atomic mass is 16.5. The van der Waals surface area contributed by atoms with Gasteiger partial charge in [0.2, 0.25) is 6.39 Å². The lowest BCUT2D eigenvalue weighted by Gasteiger charge is -2.07. The number of hydrogen-bond donors (Lipinski definition) is 3. The Balaban J connectivity index is 1.85. The Labute approximate surface area is 120 Å². The number of nitrogens with zero attached hydrogens (tertiary/aromatic N) is 2. The Kier molecular flexibility index (Phi) is 4.86. The topological polar surface area (TPSA) is 117 Å². The number of carboxylic acids is 1. The van der Waals surface area contributed by atoms with E-state index in [-0.39, 0.29) is 13.0 Å². The molecule has 0 saturated carbocycles. The molecule has 2 amide bonds. The van der Waals surface area contributed by atoms with E-state index < -0.39 is 12.0 Å². The minimum Gasteiger partial charge on any atom is -0.481 e. The van der Waals surface area contributed by atoms with Crippen molar-refractivity contribution >= 4 is 17.7 Å². The number of anilines is 1. The molecule has 8 heteroatoms. The molecule has 0 aliphatic rings. The SMILES string of the molecule is O=C(O)CCc1cccc(NC(=O)NCc2ncon2)c1. The zero-order valence-electron chi connectivity index (χ0n) is 11.1. The van der Waals surface area contributed by atoms with Gasteiger partial charge in [-0.2, -0.15) is 4.98 Å². The van der Waals surface area contributed by atoms with Crippen LogP contribution in [0.15, 0.2) is 35.2 Å². The van der Waals surface area contributed by atoms with Gasteiger partial charge in [0.05, 0.1) is 6.54 Å². The van der Waals surface area contributed by atoms with Crippen LogP contribution >= 0.6 is 0 Å². The molecule has 1 aromatic carbocycles. The van der Waals surface area contributed by atoms with Crippen molar-refractivity contribution < 1.29 is 19.2 Å². The molecule has 1 heterocycles. The molecule has 0 bridgehead atoms. The van der Waals surface area contributed by atoms with Crippen molar-refractivity contribution in [2.24, 2.45) is 0 Å². The molecule has 0 unspecified atom stereocenters. The maximum Gasteiger partial charge on any atom is 0.319 e. The van der Waals surface area contributed by atoms with E-state index in [0.717, 1.165) is 5.56 Å². The lowest BCUT2D eigenvalue weighted by molar-refractivity contribution is -0.136.